The molecule has 2 aromatic heterocycles. The third kappa shape index (κ3) is 4.79. The molecular formula is C27H23N3O4S. The van der Waals surface area contributed by atoms with Gasteiger partial charge >= 0.3 is 5.97 Å². The maximum absolute atomic E-state index is 13.0. The lowest BCUT2D eigenvalue weighted by atomic mass is 10.1. The normalized spacial score (nSPS) is 13.6. The monoisotopic (exact) mass is 485 g/mol. The molecule has 1 amide bonds. The summed E-state index contributed by atoms with van der Waals surface area (Å²) >= 11 is 1.50. The summed E-state index contributed by atoms with van der Waals surface area (Å²) in [5.41, 5.74) is 3.80. The number of nitrogens with zero attached hydrogens (tertiary/aromatic N) is 3. The molecule has 1 aliphatic heterocycles. The number of esters is 1. The van der Waals surface area contributed by atoms with E-state index in [9.17, 15) is 9.59 Å². The number of hydrogen-bond acceptors (Lipinski definition) is 7. The lowest BCUT2D eigenvalue weighted by Crippen LogP contribution is -2.49. The van der Waals surface area contributed by atoms with E-state index < -0.39 is 12.0 Å². The molecule has 0 bridgehead atoms. The molecule has 3 heterocycles. The maximum Gasteiger partial charge on any atom is 0.329 e. The highest BCUT2D eigenvalue weighted by atomic mass is 32.1. The summed E-state index contributed by atoms with van der Waals surface area (Å²) in [5.74, 6) is -0.192. The average molecular weight is 486 g/mol. The quantitative estimate of drug-likeness (QED) is 0.338. The van der Waals surface area contributed by atoms with Crippen LogP contribution in [-0.2, 0) is 20.9 Å². The van der Waals surface area contributed by atoms with Crippen molar-refractivity contribution in [2.24, 2.45) is 0 Å². The zero-order chi connectivity index (χ0) is 24.2. The van der Waals surface area contributed by atoms with Crippen LogP contribution < -0.4 is 9.64 Å². The fourth-order valence-corrected chi connectivity index (χ4v) is 4.77. The first kappa shape index (κ1) is 22.7. The van der Waals surface area contributed by atoms with E-state index in [4.69, 9.17) is 14.5 Å². The first-order chi connectivity index (χ1) is 17.1. The molecule has 0 aliphatic carbocycles. The summed E-state index contributed by atoms with van der Waals surface area (Å²) in [4.78, 5) is 36.6. The van der Waals surface area contributed by atoms with Gasteiger partial charge < -0.3 is 9.47 Å². The van der Waals surface area contributed by atoms with Crippen LogP contribution >= 0.6 is 11.3 Å². The predicted octanol–water partition coefficient (Wildman–Crippen LogP) is 5.12. The Morgan fingerprint density at radius 1 is 1.11 bits per heavy atom. The lowest BCUT2D eigenvalue weighted by molar-refractivity contribution is -0.148. The second-order valence-electron chi connectivity index (χ2n) is 8.01. The van der Waals surface area contributed by atoms with Crippen molar-refractivity contribution in [2.75, 3.05) is 11.5 Å². The van der Waals surface area contributed by atoms with Gasteiger partial charge in [0.05, 0.1) is 17.1 Å². The van der Waals surface area contributed by atoms with Crippen LogP contribution in [0.5, 0.6) is 5.75 Å². The lowest BCUT2D eigenvalue weighted by Gasteiger charge is -2.34. The van der Waals surface area contributed by atoms with E-state index in [0.717, 1.165) is 27.5 Å². The minimum absolute atomic E-state index is 0.130. The Hall–Kier alpha value is -4.04. The van der Waals surface area contributed by atoms with Crippen molar-refractivity contribution in [3.63, 3.8) is 0 Å². The summed E-state index contributed by atoms with van der Waals surface area (Å²) in [6.45, 7) is 1.88. The number of carbonyl (C=O) groups excluding carboxylic acids is 2. The average Bonchev–Trinajstić information content (AvgIpc) is 3.40. The van der Waals surface area contributed by atoms with E-state index in [0.29, 0.717) is 17.9 Å². The molecule has 1 unspecified atom stereocenters. The molecule has 0 saturated carbocycles. The van der Waals surface area contributed by atoms with Crippen LogP contribution in [0.3, 0.4) is 0 Å². The van der Waals surface area contributed by atoms with E-state index in [1.807, 2.05) is 79.0 Å². The molecule has 4 aromatic rings. The third-order valence-electron chi connectivity index (χ3n) is 5.72. The second kappa shape index (κ2) is 10.1. The third-order valence-corrected chi connectivity index (χ3v) is 6.58. The highest BCUT2D eigenvalue weighted by Gasteiger charge is 2.36. The van der Waals surface area contributed by atoms with Crippen LogP contribution in [0, 0.1) is 0 Å². The van der Waals surface area contributed by atoms with E-state index in [1.54, 1.807) is 6.20 Å². The molecule has 176 valence electrons. The Kier molecular flexibility index (Phi) is 6.54. The SMILES string of the molecule is CCC(C(=O)OCc1ccccc1)N1C(=O)COc2ccc(-c3csc(-c4ccccn4)n3)cc21. The Labute approximate surface area is 207 Å². The number of amides is 1. The Bertz CT molecular complexity index is 1340. The maximum atomic E-state index is 13.0. The minimum atomic E-state index is -0.761. The molecule has 1 atom stereocenters. The highest BCUT2D eigenvalue weighted by Crippen LogP contribution is 2.38. The second-order valence-corrected chi connectivity index (χ2v) is 8.86. The minimum Gasteiger partial charge on any atom is -0.482 e. The molecule has 8 heteroatoms. The van der Waals surface area contributed by atoms with Gasteiger partial charge in [-0.05, 0) is 42.3 Å². The molecule has 2 aromatic carbocycles. The number of rotatable bonds is 7. The van der Waals surface area contributed by atoms with Crippen LogP contribution in [0.4, 0.5) is 5.69 Å². The standard InChI is InChI=1S/C27H23N3O4S/c1-2-22(27(32)34-15-18-8-4-3-5-9-18)30-23-14-19(11-12-24(23)33-16-25(30)31)21-17-35-26(29-21)20-10-6-7-13-28-20/h3-14,17,22H,2,15-16H2,1H3. The molecule has 7 nitrogen and oxygen atoms in total. The zero-order valence-electron chi connectivity index (χ0n) is 19.1. The van der Waals surface area contributed by atoms with Crippen molar-refractivity contribution in [2.45, 2.75) is 26.0 Å². The van der Waals surface area contributed by atoms with Crippen molar-refractivity contribution in [1.29, 1.82) is 0 Å². The molecule has 0 radical (unpaired) electrons. The molecular weight excluding hydrogens is 462 g/mol. The number of benzene rings is 2. The number of aromatic nitrogens is 2. The largest absolute Gasteiger partial charge is 0.482 e. The first-order valence-corrected chi connectivity index (χ1v) is 12.2. The van der Waals surface area contributed by atoms with Gasteiger partial charge in [-0.2, -0.15) is 0 Å². The highest BCUT2D eigenvalue weighted by molar-refractivity contribution is 7.13. The Morgan fingerprint density at radius 2 is 1.94 bits per heavy atom. The Morgan fingerprint density at radius 3 is 2.71 bits per heavy atom. The molecule has 0 fully saturated rings. The smallest absolute Gasteiger partial charge is 0.329 e. The van der Waals surface area contributed by atoms with Gasteiger partial charge in [-0.1, -0.05) is 43.3 Å². The van der Waals surface area contributed by atoms with Gasteiger partial charge in [0.2, 0.25) is 0 Å². The Balaban J connectivity index is 1.42. The molecule has 0 saturated heterocycles. The van der Waals surface area contributed by atoms with Crippen LogP contribution in [0.2, 0.25) is 0 Å². The van der Waals surface area contributed by atoms with Crippen molar-refractivity contribution < 1.29 is 19.1 Å². The summed E-state index contributed by atoms with van der Waals surface area (Å²) in [5, 5.41) is 2.76. The first-order valence-electron chi connectivity index (χ1n) is 11.3. The predicted molar refractivity (Wildman–Crippen MR) is 134 cm³/mol. The van der Waals surface area contributed by atoms with E-state index in [-0.39, 0.29) is 19.1 Å². The summed E-state index contributed by atoms with van der Waals surface area (Å²) in [6, 6.07) is 20.0. The zero-order valence-corrected chi connectivity index (χ0v) is 19.9. The van der Waals surface area contributed by atoms with Crippen LogP contribution in [0.15, 0.2) is 78.3 Å². The van der Waals surface area contributed by atoms with Crippen LogP contribution in [-0.4, -0.2) is 34.5 Å². The summed E-state index contributed by atoms with van der Waals surface area (Å²) < 4.78 is 11.2. The van der Waals surface area contributed by atoms with Gasteiger partial charge in [0.15, 0.2) is 6.61 Å². The molecule has 0 N–H and O–H groups in total. The number of pyridine rings is 1. The number of fused-ring (bicyclic) bond motifs is 1. The number of anilines is 1. The number of carbonyl (C=O) groups is 2. The summed E-state index contributed by atoms with van der Waals surface area (Å²) in [7, 11) is 0. The van der Waals surface area contributed by atoms with Crippen molar-refractivity contribution >= 4 is 28.9 Å². The topological polar surface area (TPSA) is 81.6 Å². The van der Waals surface area contributed by atoms with E-state index >= 15 is 0 Å². The van der Waals surface area contributed by atoms with Gasteiger partial charge in [-0.25, -0.2) is 9.78 Å². The molecule has 35 heavy (non-hydrogen) atoms. The van der Waals surface area contributed by atoms with Crippen LogP contribution in [0.25, 0.3) is 22.0 Å². The number of thiazole rings is 1. The fraction of sp³-hybridized carbons (Fsp3) is 0.185. The van der Waals surface area contributed by atoms with Gasteiger partial charge in [0, 0.05) is 17.1 Å². The van der Waals surface area contributed by atoms with E-state index in [2.05, 4.69) is 4.98 Å². The van der Waals surface area contributed by atoms with Gasteiger partial charge in [-0.15, -0.1) is 11.3 Å². The van der Waals surface area contributed by atoms with Crippen molar-refractivity contribution in [3.8, 4) is 27.7 Å². The van der Waals surface area contributed by atoms with Gasteiger partial charge in [0.1, 0.15) is 23.4 Å². The van der Waals surface area contributed by atoms with Crippen LogP contribution in [0.1, 0.15) is 18.9 Å². The summed E-state index contributed by atoms with van der Waals surface area (Å²) in [6.07, 6.45) is 2.14. The fourth-order valence-electron chi connectivity index (χ4n) is 3.96. The number of hydrogen-bond donors (Lipinski definition) is 0. The molecule has 0 spiro atoms. The van der Waals surface area contributed by atoms with Gasteiger partial charge in [0.25, 0.3) is 5.91 Å². The van der Waals surface area contributed by atoms with Gasteiger partial charge in [-0.3, -0.25) is 14.7 Å². The number of ether oxygens (including phenoxy) is 2. The molecule has 5 rings (SSSR count). The molecule has 1 aliphatic rings. The van der Waals surface area contributed by atoms with Crippen molar-refractivity contribution in [3.05, 3.63) is 83.9 Å². The van der Waals surface area contributed by atoms with Crippen molar-refractivity contribution in [1.82, 2.24) is 9.97 Å². The van der Waals surface area contributed by atoms with E-state index in [1.165, 1.54) is 16.2 Å².